The number of amides is 2. The lowest BCUT2D eigenvalue weighted by Crippen LogP contribution is -2.48. The van der Waals surface area contributed by atoms with Gasteiger partial charge in [0, 0.05) is 49.0 Å². The monoisotopic (exact) mass is 381 g/mol. The predicted molar refractivity (Wildman–Crippen MR) is 111 cm³/mol. The third-order valence-corrected chi connectivity index (χ3v) is 4.93. The van der Waals surface area contributed by atoms with Gasteiger partial charge in [0.25, 0.3) is 5.91 Å². The quantitative estimate of drug-likeness (QED) is 0.864. The first-order valence-electron chi connectivity index (χ1n) is 9.57. The average molecular weight is 381 g/mol. The number of hydrogen-bond donors (Lipinski definition) is 1. The predicted octanol–water partition coefficient (Wildman–Crippen LogP) is 3.25. The van der Waals surface area contributed by atoms with Gasteiger partial charge in [-0.25, -0.2) is 0 Å². The van der Waals surface area contributed by atoms with Gasteiger partial charge in [0.05, 0.1) is 7.11 Å². The maximum Gasteiger partial charge on any atom is 0.253 e. The van der Waals surface area contributed by atoms with Gasteiger partial charge in [-0.3, -0.25) is 9.59 Å². The molecule has 1 fully saturated rings. The lowest BCUT2D eigenvalue weighted by Gasteiger charge is -2.36. The second-order valence-electron chi connectivity index (χ2n) is 7.20. The van der Waals surface area contributed by atoms with Crippen molar-refractivity contribution in [1.29, 1.82) is 0 Å². The molecule has 6 heteroatoms. The van der Waals surface area contributed by atoms with E-state index in [-0.39, 0.29) is 17.7 Å². The van der Waals surface area contributed by atoms with Crippen molar-refractivity contribution in [3.63, 3.8) is 0 Å². The molecule has 2 amide bonds. The lowest BCUT2D eigenvalue weighted by molar-refractivity contribution is -0.118. The highest BCUT2D eigenvalue weighted by molar-refractivity contribution is 5.94. The van der Waals surface area contributed by atoms with Gasteiger partial charge < -0.3 is 19.9 Å². The second-order valence-corrected chi connectivity index (χ2v) is 7.20. The number of nitrogens with zero attached hydrogens (tertiary/aromatic N) is 2. The summed E-state index contributed by atoms with van der Waals surface area (Å²) < 4.78 is 5.14. The third kappa shape index (κ3) is 4.63. The van der Waals surface area contributed by atoms with Crippen molar-refractivity contribution in [3.8, 4) is 5.75 Å². The fraction of sp³-hybridized carbons (Fsp3) is 0.364. The van der Waals surface area contributed by atoms with Crippen molar-refractivity contribution >= 4 is 23.2 Å². The van der Waals surface area contributed by atoms with Crippen LogP contribution in [-0.2, 0) is 4.79 Å². The largest absolute Gasteiger partial charge is 0.497 e. The minimum Gasteiger partial charge on any atom is -0.497 e. The molecule has 0 aromatic heterocycles. The summed E-state index contributed by atoms with van der Waals surface area (Å²) in [6, 6.07) is 15.1. The van der Waals surface area contributed by atoms with Crippen molar-refractivity contribution in [1.82, 2.24) is 4.90 Å². The maximum absolute atomic E-state index is 12.7. The molecule has 1 saturated heterocycles. The van der Waals surface area contributed by atoms with Gasteiger partial charge in [0.15, 0.2) is 0 Å². The molecule has 0 bridgehead atoms. The van der Waals surface area contributed by atoms with E-state index in [9.17, 15) is 9.59 Å². The minimum absolute atomic E-state index is 0.0124. The first-order chi connectivity index (χ1) is 13.5. The van der Waals surface area contributed by atoms with E-state index in [0.29, 0.717) is 18.7 Å². The first kappa shape index (κ1) is 19.7. The van der Waals surface area contributed by atoms with Crippen LogP contribution in [0.2, 0.25) is 0 Å². The Bertz CT molecular complexity index is 808. The molecule has 148 valence electrons. The van der Waals surface area contributed by atoms with Crippen molar-refractivity contribution < 1.29 is 14.3 Å². The van der Waals surface area contributed by atoms with E-state index in [4.69, 9.17) is 4.74 Å². The molecule has 6 nitrogen and oxygen atoms in total. The van der Waals surface area contributed by atoms with Gasteiger partial charge in [0.1, 0.15) is 5.75 Å². The molecule has 1 N–H and O–H groups in total. The van der Waals surface area contributed by atoms with Crippen LogP contribution in [0.15, 0.2) is 48.5 Å². The highest BCUT2D eigenvalue weighted by Crippen LogP contribution is 2.21. The van der Waals surface area contributed by atoms with Crippen LogP contribution in [0.1, 0.15) is 24.2 Å². The van der Waals surface area contributed by atoms with Gasteiger partial charge in [0.2, 0.25) is 5.91 Å². The summed E-state index contributed by atoms with van der Waals surface area (Å²) in [7, 11) is 1.61. The van der Waals surface area contributed by atoms with E-state index in [1.54, 1.807) is 19.2 Å². The third-order valence-electron chi connectivity index (χ3n) is 4.93. The van der Waals surface area contributed by atoms with Crippen LogP contribution in [-0.4, -0.2) is 50.0 Å². The summed E-state index contributed by atoms with van der Waals surface area (Å²) >= 11 is 0. The fourth-order valence-electron chi connectivity index (χ4n) is 3.13. The Morgan fingerprint density at radius 2 is 1.54 bits per heavy atom. The van der Waals surface area contributed by atoms with Gasteiger partial charge in [-0.05, 0) is 48.5 Å². The topological polar surface area (TPSA) is 61.9 Å². The van der Waals surface area contributed by atoms with E-state index in [2.05, 4.69) is 10.2 Å². The van der Waals surface area contributed by atoms with Crippen LogP contribution in [0, 0.1) is 5.92 Å². The molecular weight excluding hydrogens is 354 g/mol. The Labute approximate surface area is 166 Å². The molecule has 0 spiro atoms. The Balaban J connectivity index is 1.55. The lowest BCUT2D eigenvalue weighted by atomic mass is 10.1. The smallest absolute Gasteiger partial charge is 0.253 e. The summed E-state index contributed by atoms with van der Waals surface area (Å²) in [5.41, 5.74) is 2.58. The molecular formula is C22H27N3O3. The summed E-state index contributed by atoms with van der Waals surface area (Å²) in [6.45, 7) is 6.65. The van der Waals surface area contributed by atoms with Crippen LogP contribution in [0.5, 0.6) is 5.75 Å². The molecule has 0 saturated carbocycles. The normalized spacial score (nSPS) is 14.1. The Morgan fingerprint density at radius 1 is 0.929 bits per heavy atom. The molecule has 2 aromatic carbocycles. The van der Waals surface area contributed by atoms with Crippen LogP contribution < -0.4 is 15.0 Å². The number of methoxy groups -OCH3 is 1. The average Bonchev–Trinajstić information content (AvgIpc) is 2.74. The minimum atomic E-state index is -0.0454. The number of hydrogen-bond acceptors (Lipinski definition) is 4. The number of anilines is 2. The second kappa shape index (κ2) is 8.78. The molecule has 3 rings (SSSR count). The molecule has 2 aromatic rings. The summed E-state index contributed by atoms with van der Waals surface area (Å²) in [4.78, 5) is 28.6. The Kier molecular flexibility index (Phi) is 6.19. The van der Waals surface area contributed by atoms with Crippen LogP contribution in [0.4, 0.5) is 11.4 Å². The van der Waals surface area contributed by atoms with Crippen LogP contribution >= 0.6 is 0 Å². The highest BCUT2D eigenvalue weighted by Gasteiger charge is 2.22. The van der Waals surface area contributed by atoms with Gasteiger partial charge >= 0.3 is 0 Å². The van der Waals surface area contributed by atoms with Crippen molar-refractivity contribution in [2.75, 3.05) is 43.5 Å². The maximum atomic E-state index is 12.7. The number of carbonyl (C=O) groups is 2. The zero-order valence-electron chi connectivity index (χ0n) is 16.6. The van der Waals surface area contributed by atoms with Crippen molar-refractivity contribution in [2.24, 2.45) is 5.92 Å². The number of rotatable bonds is 5. The number of benzene rings is 2. The molecule has 28 heavy (non-hydrogen) atoms. The summed E-state index contributed by atoms with van der Waals surface area (Å²) in [5.74, 6) is 0.762. The van der Waals surface area contributed by atoms with Crippen LogP contribution in [0.3, 0.4) is 0 Å². The number of nitrogens with one attached hydrogen (secondary N) is 1. The summed E-state index contributed by atoms with van der Waals surface area (Å²) in [5, 5.41) is 2.90. The van der Waals surface area contributed by atoms with Crippen molar-refractivity contribution in [2.45, 2.75) is 13.8 Å². The Hall–Kier alpha value is -3.02. The fourth-order valence-corrected chi connectivity index (χ4v) is 3.13. The number of piperazine rings is 1. The van der Waals surface area contributed by atoms with E-state index in [1.807, 2.05) is 55.1 Å². The molecule has 1 aliphatic rings. The molecule has 0 radical (unpaired) electrons. The molecule has 1 aliphatic heterocycles. The zero-order chi connectivity index (χ0) is 20.1. The van der Waals surface area contributed by atoms with E-state index in [1.165, 1.54) is 0 Å². The molecule has 1 heterocycles. The Morgan fingerprint density at radius 3 is 2.07 bits per heavy atom. The van der Waals surface area contributed by atoms with Crippen LogP contribution in [0.25, 0.3) is 0 Å². The van der Waals surface area contributed by atoms with Crippen molar-refractivity contribution in [3.05, 3.63) is 54.1 Å². The van der Waals surface area contributed by atoms with E-state index < -0.39 is 0 Å². The summed E-state index contributed by atoms with van der Waals surface area (Å²) in [6.07, 6.45) is 0. The first-order valence-corrected chi connectivity index (χ1v) is 9.57. The number of ether oxygens (including phenoxy) is 1. The molecule has 0 atom stereocenters. The highest BCUT2D eigenvalue weighted by atomic mass is 16.5. The van der Waals surface area contributed by atoms with E-state index in [0.717, 1.165) is 30.2 Å². The standard InChI is InChI=1S/C22H27N3O3/c1-16(2)21(26)23-18-6-8-19(9-7-18)24-12-14-25(15-13-24)22(27)17-4-10-20(28-3)11-5-17/h4-11,16H,12-15H2,1-3H3,(H,23,26). The molecule has 0 unspecified atom stereocenters. The number of carbonyl (C=O) groups excluding carboxylic acids is 2. The van der Waals surface area contributed by atoms with Gasteiger partial charge in [-0.1, -0.05) is 13.8 Å². The van der Waals surface area contributed by atoms with Gasteiger partial charge in [-0.2, -0.15) is 0 Å². The molecule has 0 aliphatic carbocycles. The zero-order valence-corrected chi connectivity index (χ0v) is 16.6. The van der Waals surface area contributed by atoms with E-state index >= 15 is 0 Å². The SMILES string of the molecule is COc1ccc(C(=O)N2CCN(c3ccc(NC(=O)C(C)C)cc3)CC2)cc1. The van der Waals surface area contributed by atoms with Gasteiger partial charge in [-0.15, -0.1) is 0 Å².